The number of benzene rings is 2. The number of likely N-dealkylation sites (N-methyl/N-ethyl adjacent to an activating group) is 1. The molecule has 0 spiro atoms. The van der Waals surface area contributed by atoms with Crippen LogP contribution in [0.25, 0.3) is 11.1 Å². The van der Waals surface area contributed by atoms with Crippen molar-refractivity contribution in [3.8, 4) is 11.1 Å². The van der Waals surface area contributed by atoms with Crippen molar-refractivity contribution in [1.29, 1.82) is 0 Å². The van der Waals surface area contributed by atoms with E-state index in [1.165, 1.54) is 12.1 Å². The fourth-order valence-electron chi connectivity index (χ4n) is 3.53. The van der Waals surface area contributed by atoms with Crippen LogP contribution in [0, 0.1) is 11.7 Å². The van der Waals surface area contributed by atoms with Crippen LogP contribution in [0.15, 0.2) is 48.5 Å². The maximum Gasteiger partial charge on any atom is 0.227 e. The third-order valence-electron chi connectivity index (χ3n) is 5.11. The third kappa shape index (κ3) is 4.54. The number of carbonyl (C=O) groups is 2. The molecule has 3 rings (SSSR count). The molecule has 5 heteroatoms. The molecule has 27 heavy (non-hydrogen) atoms. The van der Waals surface area contributed by atoms with Gasteiger partial charge in [-0.3, -0.25) is 9.59 Å². The lowest BCUT2D eigenvalue weighted by molar-refractivity contribution is -0.133. The summed E-state index contributed by atoms with van der Waals surface area (Å²) in [6.45, 7) is 3.45. The molecule has 1 atom stereocenters. The van der Waals surface area contributed by atoms with Gasteiger partial charge < -0.3 is 9.80 Å². The van der Waals surface area contributed by atoms with Crippen LogP contribution < -0.4 is 0 Å². The van der Waals surface area contributed by atoms with Gasteiger partial charge in [-0.15, -0.1) is 0 Å². The number of amides is 2. The molecule has 0 N–H and O–H groups in total. The standard InChI is InChI=1S/C22H25FN2O2/c1-3-21(26)25-12-11-24(2)22(27)19(15-25)14-16-5-4-6-18(13-16)17-7-9-20(23)10-8-17/h4-10,13,19H,3,11-12,14-15H2,1-2H3/t19-/m0/s1. The molecule has 1 saturated heterocycles. The molecular weight excluding hydrogens is 343 g/mol. The lowest BCUT2D eigenvalue weighted by atomic mass is 9.95. The fourth-order valence-corrected chi connectivity index (χ4v) is 3.53. The molecule has 4 nitrogen and oxygen atoms in total. The first-order valence-electron chi connectivity index (χ1n) is 9.35. The van der Waals surface area contributed by atoms with Gasteiger partial charge in [0.05, 0.1) is 5.92 Å². The summed E-state index contributed by atoms with van der Waals surface area (Å²) in [4.78, 5) is 28.4. The SMILES string of the molecule is CCC(=O)N1CCN(C)C(=O)[C@@H](Cc2cccc(-c3ccc(F)cc3)c2)C1. The molecule has 1 heterocycles. The molecule has 0 bridgehead atoms. The topological polar surface area (TPSA) is 40.6 Å². The predicted octanol–water partition coefficient (Wildman–Crippen LogP) is 3.36. The second kappa shape index (κ2) is 8.33. The molecule has 0 radical (unpaired) electrons. The van der Waals surface area contributed by atoms with E-state index in [-0.39, 0.29) is 23.5 Å². The first-order chi connectivity index (χ1) is 13.0. The van der Waals surface area contributed by atoms with Crippen LogP contribution in [0.2, 0.25) is 0 Å². The van der Waals surface area contributed by atoms with E-state index in [9.17, 15) is 14.0 Å². The van der Waals surface area contributed by atoms with Gasteiger partial charge in [-0.05, 0) is 35.2 Å². The Bertz CT molecular complexity index is 819. The highest BCUT2D eigenvalue weighted by molar-refractivity contribution is 5.82. The van der Waals surface area contributed by atoms with E-state index in [4.69, 9.17) is 0 Å². The lowest BCUT2D eigenvalue weighted by Crippen LogP contribution is -2.37. The van der Waals surface area contributed by atoms with E-state index < -0.39 is 0 Å². The number of nitrogens with zero attached hydrogens (tertiary/aromatic N) is 2. The Kier molecular flexibility index (Phi) is 5.89. The van der Waals surface area contributed by atoms with Gasteiger partial charge in [-0.2, -0.15) is 0 Å². The summed E-state index contributed by atoms with van der Waals surface area (Å²) >= 11 is 0. The monoisotopic (exact) mass is 368 g/mol. The van der Waals surface area contributed by atoms with Crippen molar-refractivity contribution >= 4 is 11.8 Å². The van der Waals surface area contributed by atoms with Crippen molar-refractivity contribution in [2.75, 3.05) is 26.7 Å². The van der Waals surface area contributed by atoms with Crippen molar-refractivity contribution < 1.29 is 14.0 Å². The second-order valence-electron chi connectivity index (χ2n) is 7.06. The summed E-state index contributed by atoms with van der Waals surface area (Å²) in [7, 11) is 1.80. The van der Waals surface area contributed by atoms with Crippen molar-refractivity contribution in [2.45, 2.75) is 19.8 Å². The highest BCUT2D eigenvalue weighted by atomic mass is 19.1. The molecule has 0 saturated carbocycles. The van der Waals surface area contributed by atoms with Gasteiger partial charge in [0, 0.05) is 33.1 Å². The molecule has 1 fully saturated rings. The van der Waals surface area contributed by atoms with Crippen molar-refractivity contribution in [1.82, 2.24) is 9.80 Å². The Balaban J connectivity index is 1.81. The quantitative estimate of drug-likeness (QED) is 0.830. The van der Waals surface area contributed by atoms with E-state index in [0.29, 0.717) is 32.5 Å². The molecule has 0 unspecified atom stereocenters. The fraction of sp³-hybridized carbons (Fsp3) is 0.364. The van der Waals surface area contributed by atoms with Crippen LogP contribution >= 0.6 is 0 Å². The number of hydrogen-bond donors (Lipinski definition) is 0. The maximum absolute atomic E-state index is 13.2. The Hall–Kier alpha value is -2.69. The minimum absolute atomic E-state index is 0.0774. The number of rotatable bonds is 4. The molecule has 0 aromatic heterocycles. The predicted molar refractivity (Wildman–Crippen MR) is 104 cm³/mol. The van der Waals surface area contributed by atoms with Crippen molar-refractivity contribution in [3.05, 3.63) is 59.9 Å². The highest BCUT2D eigenvalue weighted by Crippen LogP contribution is 2.23. The van der Waals surface area contributed by atoms with Gasteiger partial charge in [0.15, 0.2) is 0 Å². The van der Waals surface area contributed by atoms with Crippen LogP contribution in [0.3, 0.4) is 0 Å². The smallest absolute Gasteiger partial charge is 0.227 e. The van der Waals surface area contributed by atoms with Gasteiger partial charge in [0.2, 0.25) is 11.8 Å². The van der Waals surface area contributed by atoms with Crippen LogP contribution in [-0.4, -0.2) is 48.3 Å². The van der Waals surface area contributed by atoms with Crippen molar-refractivity contribution in [2.24, 2.45) is 5.92 Å². The van der Waals surface area contributed by atoms with Crippen LogP contribution in [-0.2, 0) is 16.0 Å². The number of hydrogen-bond acceptors (Lipinski definition) is 2. The summed E-state index contributed by atoms with van der Waals surface area (Å²) in [6.07, 6.45) is 1.02. The summed E-state index contributed by atoms with van der Waals surface area (Å²) in [5, 5.41) is 0. The molecule has 1 aliphatic heterocycles. The highest BCUT2D eigenvalue weighted by Gasteiger charge is 2.30. The Morgan fingerprint density at radius 1 is 1.11 bits per heavy atom. The van der Waals surface area contributed by atoms with Gasteiger partial charge in [-0.25, -0.2) is 4.39 Å². The number of halogens is 1. The summed E-state index contributed by atoms with van der Waals surface area (Å²) < 4.78 is 13.2. The van der Waals surface area contributed by atoms with Gasteiger partial charge in [0.1, 0.15) is 5.82 Å². The lowest BCUT2D eigenvalue weighted by Gasteiger charge is -2.23. The number of carbonyl (C=O) groups excluding carboxylic acids is 2. The van der Waals surface area contributed by atoms with Crippen LogP contribution in [0.4, 0.5) is 4.39 Å². The molecule has 1 aliphatic rings. The van der Waals surface area contributed by atoms with Gasteiger partial charge >= 0.3 is 0 Å². The molecule has 2 amide bonds. The zero-order valence-corrected chi connectivity index (χ0v) is 15.8. The summed E-state index contributed by atoms with van der Waals surface area (Å²) in [5.41, 5.74) is 2.96. The van der Waals surface area contributed by atoms with Gasteiger partial charge in [-0.1, -0.05) is 43.3 Å². The third-order valence-corrected chi connectivity index (χ3v) is 5.11. The van der Waals surface area contributed by atoms with Crippen LogP contribution in [0.5, 0.6) is 0 Å². The first-order valence-corrected chi connectivity index (χ1v) is 9.35. The van der Waals surface area contributed by atoms with E-state index in [2.05, 4.69) is 0 Å². The van der Waals surface area contributed by atoms with Crippen molar-refractivity contribution in [3.63, 3.8) is 0 Å². The zero-order valence-electron chi connectivity index (χ0n) is 15.8. The maximum atomic E-state index is 13.2. The molecular formula is C22H25FN2O2. The summed E-state index contributed by atoms with van der Waals surface area (Å²) in [5.74, 6) is -0.351. The average Bonchev–Trinajstić information content (AvgIpc) is 2.82. The average molecular weight is 368 g/mol. The van der Waals surface area contributed by atoms with E-state index in [1.54, 1.807) is 29.0 Å². The Labute approximate surface area is 159 Å². The molecule has 0 aliphatic carbocycles. The Morgan fingerprint density at radius 2 is 1.85 bits per heavy atom. The van der Waals surface area contributed by atoms with E-state index in [0.717, 1.165) is 16.7 Å². The molecule has 2 aromatic carbocycles. The van der Waals surface area contributed by atoms with E-state index in [1.807, 2.05) is 31.2 Å². The Morgan fingerprint density at radius 3 is 2.56 bits per heavy atom. The van der Waals surface area contributed by atoms with Gasteiger partial charge in [0.25, 0.3) is 0 Å². The molecule has 2 aromatic rings. The van der Waals surface area contributed by atoms with Crippen LogP contribution in [0.1, 0.15) is 18.9 Å². The molecule has 142 valence electrons. The largest absolute Gasteiger partial charge is 0.344 e. The van der Waals surface area contributed by atoms with E-state index >= 15 is 0 Å². The zero-order chi connectivity index (χ0) is 19.4. The first kappa shape index (κ1) is 19.1. The minimum atomic E-state index is -0.261. The summed E-state index contributed by atoms with van der Waals surface area (Å²) in [6, 6.07) is 14.4. The minimum Gasteiger partial charge on any atom is -0.344 e. The second-order valence-corrected chi connectivity index (χ2v) is 7.06. The normalized spacial score (nSPS) is 17.7.